The summed E-state index contributed by atoms with van der Waals surface area (Å²) in [6.07, 6.45) is 2.31. The highest BCUT2D eigenvalue weighted by Crippen LogP contribution is 2.39. The van der Waals surface area contributed by atoms with E-state index in [1.165, 1.54) is 7.11 Å². The maximum Gasteiger partial charge on any atom is 0.336 e. The Morgan fingerprint density at radius 1 is 0.875 bits per heavy atom. The van der Waals surface area contributed by atoms with Gasteiger partial charge in [-0.25, -0.2) is 9.59 Å². The first-order valence-electron chi connectivity index (χ1n) is 13.3. The minimum absolute atomic E-state index is 0.201. The zero-order valence-corrected chi connectivity index (χ0v) is 24.1. The number of nitrogens with one attached hydrogen (secondary N) is 1. The van der Waals surface area contributed by atoms with Gasteiger partial charge in [-0.3, -0.25) is 4.79 Å². The predicted molar refractivity (Wildman–Crippen MR) is 152 cm³/mol. The second-order valence-electron chi connectivity index (χ2n) is 9.34. The molecule has 0 saturated carbocycles. The largest absolute Gasteiger partial charge is 0.494 e. The summed E-state index contributed by atoms with van der Waals surface area (Å²) < 4.78 is 21.6. The Labute approximate surface area is 240 Å². The fourth-order valence-electron chi connectivity index (χ4n) is 4.44. The number of hydrogen-bond donors (Lipinski definition) is 1. The summed E-state index contributed by atoms with van der Waals surface area (Å²) in [6.45, 7) is 6.35. The molecule has 9 heteroatoms. The van der Waals surface area contributed by atoms with Crippen LogP contribution < -0.4 is 10.1 Å². The lowest BCUT2D eigenvalue weighted by Gasteiger charge is -2.30. The molecular formula is C31H36ClNO7. The van der Waals surface area contributed by atoms with Gasteiger partial charge in [-0.05, 0) is 62.1 Å². The van der Waals surface area contributed by atoms with E-state index in [2.05, 4.69) is 5.32 Å². The van der Waals surface area contributed by atoms with Gasteiger partial charge in [0.15, 0.2) is 0 Å². The van der Waals surface area contributed by atoms with Gasteiger partial charge in [0.2, 0.25) is 0 Å². The van der Waals surface area contributed by atoms with E-state index in [-0.39, 0.29) is 12.6 Å². The zero-order valence-electron chi connectivity index (χ0n) is 23.4. The molecule has 3 rings (SSSR count). The van der Waals surface area contributed by atoms with Crippen molar-refractivity contribution >= 4 is 29.5 Å². The molecule has 0 fully saturated rings. The van der Waals surface area contributed by atoms with Gasteiger partial charge in [-0.15, -0.1) is 0 Å². The number of rotatable bonds is 13. The average molecular weight is 570 g/mol. The number of hydrogen-bond acceptors (Lipinski definition) is 8. The minimum atomic E-state index is -0.676. The van der Waals surface area contributed by atoms with Crippen LogP contribution in [0.2, 0.25) is 5.02 Å². The second-order valence-corrected chi connectivity index (χ2v) is 9.78. The molecule has 1 aliphatic rings. The maximum absolute atomic E-state index is 13.3. The van der Waals surface area contributed by atoms with Crippen molar-refractivity contribution in [3.63, 3.8) is 0 Å². The lowest BCUT2D eigenvalue weighted by atomic mass is 9.80. The van der Waals surface area contributed by atoms with Crippen molar-refractivity contribution in [1.29, 1.82) is 0 Å². The molecule has 2 aromatic carbocycles. The Hall–Kier alpha value is -3.78. The molecule has 0 aromatic heterocycles. The Bertz CT molecular complexity index is 1270. The van der Waals surface area contributed by atoms with Gasteiger partial charge in [-0.1, -0.05) is 42.8 Å². The SMILES string of the molecule is CCC(=O)OCCc1ccc(OCCCCOC(=O)C2=C(C)NC(C)=C(C(=O)OC)C2c2cccc(Cl)c2)cc1. The Kier molecular flexibility index (Phi) is 11.6. The fourth-order valence-corrected chi connectivity index (χ4v) is 4.64. The van der Waals surface area contributed by atoms with E-state index in [9.17, 15) is 14.4 Å². The molecular weight excluding hydrogens is 534 g/mol. The van der Waals surface area contributed by atoms with Gasteiger partial charge in [0, 0.05) is 29.3 Å². The molecule has 1 N–H and O–H groups in total. The number of unbranched alkanes of at least 4 members (excludes halogenated alkanes) is 1. The Morgan fingerprint density at radius 2 is 1.55 bits per heavy atom. The Morgan fingerprint density at radius 3 is 2.20 bits per heavy atom. The van der Waals surface area contributed by atoms with Crippen LogP contribution in [-0.4, -0.2) is 44.8 Å². The molecule has 0 radical (unpaired) electrons. The molecule has 0 spiro atoms. The van der Waals surface area contributed by atoms with Crippen LogP contribution in [0.15, 0.2) is 71.1 Å². The zero-order chi connectivity index (χ0) is 29.1. The number of dihydropyridines is 1. The summed E-state index contributed by atoms with van der Waals surface area (Å²) in [7, 11) is 1.31. The van der Waals surface area contributed by atoms with Crippen molar-refractivity contribution in [2.24, 2.45) is 0 Å². The first-order chi connectivity index (χ1) is 19.2. The van der Waals surface area contributed by atoms with E-state index >= 15 is 0 Å². The minimum Gasteiger partial charge on any atom is -0.494 e. The molecule has 0 bridgehead atoms. The van der Waals surface area contributed by atoms with E-state index in [1.807, 2.05) is 30.3 Å². The van der Waals surface area contributed by atoms with E-state index in [4.69, 9.17) is 30.5 Å². The molecule has 1 heterocycles. The molecule has 0 amide bonds. The number of halogens is 1. The van der Waals surface area contributed by atoms with Gasteiger partial charge in [-0.2, -0.15) is 0 Å². The summed E-state index contributed by atoms with van der Waals surface area (Å²) >= 11 is 6.24. The van der Waals surface area contributed by atoms with Gasteiger partial charge < -0.3 is 24.3 Å². The van der Waals surface area contributed by atoms with E-state index in [0.29, 0.717) is 72.0 Å². The van der Waals surface area contributed by atoms with Crippen molar-refractivity contribution in [2.75, 3.05) is 26.9 Å². The number of carbonyl (C=O) groups is 3. The monoisotopic (exact) mass is 569 g/mol. The van der Waals surface area contributed by atoms with Crippen LogP contribution >= 0.6 is 11.6 Å². The molecule has 1 unspecified atom stereocenters. The highest BCUT2D eigenvalue weighted by molar-refractivity contribution is 6.30. The van der Waals surface area contributed by atoms with Crippen LogP contribution in [0, 0.1) is 0 Å². The summed E-state index contributed by atoms with van der Waals surface area (Å²) in [5.74, 6) is -1.18. The van der Waals surface area contributed by atoms with E-state index in [1.54, 1.807) is 39.0 Å². The van der Waals surface area contributed by atoms with Gasteiger partial charge in [0.25, 0.3) is 0 Å². The maximum atomic E-state index is 13.3. The highest BCUT2D eigenvalue weighted by Gasteiger charge is 2.37. The van der Waals surface area contributed by atoms with Gasteiger partial charge >= 0.3 is 17.9 Å². The van der Waals surface area contributed by atoms with E-state index in [0.717, 1.165) is 11.3 Å². The fraction of sp³-hybridized carbons (Fsp3) is 0.387. The molecule has 1 aliphatic heterocycles. The molecule has 40 heavy (non-hydrogen) atoms. The number of allylic oxidation sites excluding steroid dienone is 2. The highest BCUT2D eigenvalue weighted by atomic mass is 35.5. The smallest absolute Gasteiger partial charge is 0.336 e. The third-order valence-corrected chi connectivity index (χ3v) is 6.71. The number of benzene rings is 2. The van der Waals surface area contributed by atoms with Crippen molar-refractivity contribution < 1.29 is 33.3 Å². The lowest BCUT2D eigenvalue weighted by molar-refractivity contribution is -0.143. The summed E-state index contributed by atoms with van der Waals surface area (Å²) in [4.78, 5) is 37.2. The Balaban J connectivity index is 1.52. The topological polar surface area (TPSA) is 100 Å². The quantitative estimate of drug-likeness (QED) is 0.188. The van der Waals surface area contributed by atoms with Crippen LogP contribution in [0.3, 0.4) is 0 Å². The molecule has 214 valence electrons. The third-order valence-electron chi connectivity index (χ3n) is 6.47. The van der Waals surface area contributed by atoms with Crippen LogP contribution in [0.25, 0.3) is 0 Å². The van der Waals surface area contributed by atoms with Crippen molar-refractivity contribution in [2.45, 2.75) is 52.4 Å². The summed E-state index contributed by atoms with van der Waals surface area (Å²) in [5, 5.41) is 3.62. The van der Waals surface area contributed by atoms with Crippen LogP contribution in [-0.2, 0) is 35.0 Å². The lowest BCUT2D eigenvalue weighted by Crippen LogP contribution is -2.32. The van der Waals surface area contributed by atoms with E-state index < -0.39 is 17.9 Å². The van der Waals surface area contributed by atoms with Crippen molar-refractivity contribution in [3.05, 3.63) is 87.2 Å². The molecule has 2 aromatic rings. The van der Waals surface area contributed by atoms with Crippen LogP contribution in [0.1, 0.15) is 57.1 Å². The predicted octanol–water partition coefficient (Wildman–Crippen LogP) is 5.65. The normalized spacial score (nSPS) is 14.9. The summed E-state index contributed by atoms with van der Waals surface area (Å²) in [6, 6.07) is 14.7. The first-order valence-corrected chi connectivity index (χ1v) is 13.7. The van der Waals surface area contributed by atoms with Crippen LogP contribution in [0.5, 0.6) is 5.75 Å². The van der Waals surface area contributed by atoms with Crippen LogP contribution in [0.4, 0.5) is 0 Å². The third kappa shape index (κ3) is 8.36. The number of esters is 3. The van der Waals surface area contributed by atoms with Crippen molar-refractivity contribution in [3.8, 4) is 5.75 Å². The number of ether oxygens (including phenoxy) is 4. The van der Waals surface area contributed by atoms with Gasteiger partial charge in [0.05, 0.1) is 44.0 Å². The first kappa shape index (κ1) is 30.8. The molecule has 0 saturated heterocycles. The second kappa shape index (κ2) is 15.1. The van der Waals surface area contributed by atoms with Gasteiger partial charge in [0.1, 0.15) is 5.75 Å². The molecule has 1 atom stereocenters. The number of carbonyl (C=O) groups excluding carboxylic acids is 3. The summed E-state index contributed by atoms with van der Waals surface area (Å²) in [5.41, 5.74) is 3.65. The standard InChI is InChI=1S/C31H36ClNO7/c1-5-26(34)39-18-15-22-11-13-25(14-12-22)38-16-6-7-17-40-31(36)28-21(3)33-20(2)27(30(35)37-4)29(28)23-9-8-10-24(32)19-23/h8-14,19,29,33H,5-7,15-18H2,1-4H3. The molecule has 8 nitrogen and oxygen atoms in total. The molecule has 0 aliphatic carbocycles. The number of methoxy groups -OCH3 is 1. The average Bonchev–Trinajstić information content (AvgIpc) is 2.94. The van der Waals surface area contributed by atoms with Crippen molar-refractivity contribution in [1.82, 2.24) is 5.32 Å².